The summed E-state index contributed by atoms with van der Waals surface area (Å²) >= 11 is 1.55. The number of nitriles is 1. The van der Waals surface area contributed by atoms with Crippen LogP contribution in [0.25, 0.3) is 0 Å². The van der Waals surface area contributed by atoms with Gasteiger partial charge < -0.3 is 4.74 Å². The summed E-state index contributed by atoms with van der Waals surface area (Å²) in [6.45, 7) is 0. The third-order valence-electron chi connectivity index (χ3n) is 3.17. The number of carbonyl (C=O) groups excluding carboxylic acids is 1. The second kappa shape index (κ2) is 7.20. The summed E-state index contributed by atoms with van der Waals surface area (Å²) < 4.78 is 5.38. The molecule has 0 saturated heterocycles. The largest absolute Gasteiger partial charge is 0.462 e. The first-order valence-electron chi connectivity index (χ1n) is 6.54. The molecular weight excluding hydrogens is 258 g/mol. The first kappa shape index (κ1) is 14.0. The van der Waals surface area contributed by atoms with E-state index in [1.54, 1.807) is 23.9 Å². The number of thioether (sulfide) groups is 1. The molecule has 0 N–H and O–H groups in total. The number of carbonyl (C=O) groups is 1. The van der Waals surface area contributed by atoms with Crippen LogP contribution in [0.1, 0.15) is 36.8 Å². The Balaban J connectivity index is 1.67. The summed E-state index contributed by atoms with van der Waals surface area (Å²) in [5.41, 5.74) is 1.78. The van der Waals surface area contributed by atoms with Gasteiger partial charge in [-0.25, -0.2) is 0 Å². The highest BCUT2D eigenvalue weighted by Gasteiger charge is 2.18. The van der Waals surface area contributed by atoms with Crippen LogP contribution in [0.4, 0.5) is 0 Å². The van der Waals surface area contributed by atoms with Gasteiger partial charge in [0.25, 0.3) is 0 Å². The third-order valence-corrected chi connectivity index (χ3v) is 4.15. The Bertz CT molecular complexity index is 458. The van der Waals surface area contributed by atoms with Gasteiger partial charge in [0.2, 0.25) is 0 Å². The van der Waals surface area contributed by atoms with Crippen molar-refractivity contribution >= 4 is 17.7 Å². The van der Waals surface area contributed by atoms with Crippen LogP contribution >= 0.6 is 11.8 Å². The van der Waals surface area contributed by atoms with Crippen LogP contribution in [0.5, 0.6) is 0 Å². The molecule has 0 heterocycles. The molecule has 4 heteroatoms. The normalized spacial score (nSPS) is 15.1. The maximum absolute atomic E-state index is 11.6. The number of esters is 1. The van der Waals surface area contributed by atoms with Crippen molar-refractivity contribution in [1.82, 2.24) is 0 Å². The molecule has 0 amide bonds. The number of rotatable bonds is 5. The second-order valence-electron chi connectivity index (χ2n) is 4.70. The molecule has 0 bridgehead atoms. The summed E-state index contributed by atoms with van der Waals surface area (Å²) in [5, 5.41) is 8.70. The highest BCUT2D eigenvalue weighted by atomic mass is 32.2. The first-order valence-corrected chi connectivity index (χ1v) is 7.69. The molecule has 1 aromatic rings. The van der Waals surface area contributed by atoms with Gasteiger partial charge >= 0.3 is 5.97 Å². The molecule has 19 heavy (non-hydrogen) atoms. The fourth-order valence-corrected chi connectivity index (χ4v) is 2.92. The highest BCUT2D eigenvalue weighted by molar-refractivity contribution is 7.99. The molecular formula is C15H17NO2S. The minimum absolute atomic E-state index is 0.106. The van der Waals surface area contributed by atoms with Gasteiger partial charge in [0.05, 0.1) is 17.4 Å². The van der Waals surface area contributed by atoms with E-state index >= 15 is 0 Å². The van der Waals surface area contributed by atoms with Crippen molar-refractivity contribution in [3.05, 3.63) is 35.4 Å². The lowest BCUT2D eigenvalue weighted by atomic mass is 10.2. The van der Waals surface area contributed by atoms with Gasteiger partial charge in [0, 0.05) is 5.75 Å². The van der Waals surface area contributed by atoms with Crippen LogP contribution in [0, 0.1) is 11.3 Å². The molecule has 2 rings (SSSR count). The molecule has 1 aliphatic carbocycles. The van der Waals surface area contributed by atoms with Crippen molar-refractivity contribution in [2.24, 2.45) is 0 Å². The smallest absolute Gasteiger partial charge is 0.316 e. The Labute approximate surface area is 118 Å². The Morgan fingerprint density at radius 2 is 2.00 bits per heavy atom. The quantitative estimate of drug-likeness (QED) is 0.774. The van der Waals surface area contributed by atoms with E-state index in [0.29, 0.717) is 11.3 Å². The minimum atomic E-state index is -0.106. The van der Waals surface area contributed by atoms with E-state index in [-0.39, 0.29) is 12.1 Å². The summed E-state index contributed by atoms with van der Waals surface area (Å²) in [6.07, 6.45) is 4.55. The lowest BCUT2D eigenvalue weighted by Crippen LogP contribution is -2.16. The molecule has 0 aliphatic heterocycles. The monoisotopic (exact) mass is 275 g/mol. The summed E-state index contributed by atoms with van der Waals surface area (Å²) in [6, 6.07) is 9.53. The number of nitrogens with zero attached hydrogens (tertiary/aromatic N) is 1. The maximum Gasteiger partial charge on any atom is 0.316 e. The van der Waals surface area contributed by atoms with Gasteiger partial charge in [0.1, 0.15) is 6.10 Å². The molecule has 0 unspecified atom stereocenters. The molecule has 1 aromatic carbocycles. The zero-order valence-corrected chi connectivity index (χ0v) is 11.6. The van der Waals surface area contributed by atoms with Crippen molar-refractivity contribution < 1.29 is 9.53 Å². The number of benzene rings is 1. The molecule has 0 aromatic heterocycles. The van der Waals surface area contributed by atoms with Crippen LogP contribution in [0.15, 0.2) is 24.3 Å². The molecule has 100 valence electrons. The molecule has 0 atom stereocenters. The molecule has 0 spiro atoms. The summed E-state index contributed by atoms with van der Waals surface area (Å²) in [7, 11) is 0. The maximum atomic E-state index is 11.6. The lowest BCUT2D eigenvalue weighted by Gasteiger charge is -2.10. The fourth-order valence-electron chi connectivity index (χ4n) is 2.15. The SMILES string of the molecule is N#Cc1ccc(CSCC(=O)OC2CCCC2)cc1. The molecule has 3 nitrogen and oxygen atoms in total. The lowest BCUT2D eigenvalue weighted by molar-refractivity contribution is -0.145. The van der Waals surface area contributed by atoms with E-state index in [1.165, 1.54) is 12.8 Å². The molecule has 1 fully saturated rings. The Hall–Kier alpha value is -1.47. The predicted molar refractivity (Wildman–Crippen MR) is 75.7 cm³/mol. The third kappa shape index (κ3) is 4.60. The van der Waals surface area contributed by atoms with Crippen LogP contribution in [-0.2, 0) is 15.3 Å². The Morgan fingerprint density at radius 1 is 1.32 bits per heavy atom. The number of hydrogen-bond acceptors (Lipinski definition) is 4. The van der Waals surface area contributed by atoms with Crippen molar-refractivity contribution in [2.45, 2.75) is 37.5 Å². The molecule has 1 saturated carbocycles. The van der Waals surface area contributed by atoms with Crippen LogP contribution in [0.3, 0.4) is 0 Å². The van der Waals surface area contributed by atoms with Gasteiger partial charge in [-0.05, 0) is 43.4 Å². The molecule has 0 radical (unpaired) electrons. The number of ether oxygens (including phenoxy) is 1. The van der Waals surface area contributed by atoms with E-state index in [0.717, 1.165) is 24.2 Å². The van der Waals surface area contributed by atoms with E-state index in [1.807, 2.05) is 12.1 Å². The highest BCUT2D eigenvalue weighted by Crippen LogP contribution is 2.22. The minimum Gasteiger partial charge on any atom is -0.462 e. The average molecular weight is 275 g/mol. The van der Waals surface area contributed by atoms with E-state index in [4.69, 9.17) is 10.00 Å². The average Bonchev–Trinajstić information content (AvgIpc) is 2.92. The van der Waals surface area contributed by atoms with E-state index in [9.17, 15) is 4.79 Å². The second-order valence-corrected chi connectivity index (χ2v) is 5.68. The van der Waals surface area contributed by atoms with Crippen LogP contribution < -0.4 is 0 Å². The standard InChI is InChI=1S/C15H17NO2S/c16-9-12-5-7-13(8-6-12)10-19-11-15(17)18-14-3-1-2-4-14/h5-8,14H,1-4,10-11H2. The van der Waals surface area contributed by atoms with Gasteiger partial charge in [0.15, 0.2) is 0 Å². The summed E-state index contributed by atoms with van der Waals surface area (Å²) in [4.78, 5) is 11.6. The van der Waals surface area contributed by atoms with Crippen LogP contribution in [-0.4, -0.2) is 17.8 Å². The zero-order chi connectivity index (χ0) is 13.5. The fraction of sp³-hybridized carbons (Fsp3) is 0.467. The van der Waals surface area contributed by atoms with Crippen molar-refractivity contribution in [3.63, 3.8) is 0 Å². The Morgan fingerprint density at radius 3 is 2.63 bits per heavy atom. The van der Waals surface area contributed by atoms with Gasteiger partial charge in [-0.2, -0.15) is 5.26 Å². The van der Waals surface area contributed by atoms with Gasteiger partial charge in [-0.15, -0.1) is 11.8 Å². The predicted octanol–water partition coefficient (Wildman–Crippen LogP) is 3.28. The molecule has 1 aliphatic rings. The topological polar surface area (TPSA) is 50.1 Å². The van der Waals surface area contributed by atoms with Gasteiger partial charge in [-0.3, -0.25) is 4.79 Å². The Kier molecular flexibility index (Phi) is 5.29. The van der Waals surface area contributed by atoms with Gasteiger partial charge in [-0.1, -0.05) is 12.1 Å². The zero-order valence-electron chi connectivity index (χ0n) is 10.8. The van der Waals surface area contributed by atoms with Crippen molar-refractivity contribution in [3.8, 4) is 6.07 Å². The van der Waals surface area contributed by atoms with E-state index in [2.05, 4.69) is 6.07 Å². The van der Waals surface area contributed by atoms with Crippen molar-refractivity contribution in [2.75, 3.05) is 5.75 Å². The first-order chi connectivity index (χ1) is 9.28. The number of hydrogen-bond donors (Lipinski definition) is 0. The van der Waals surface area contributed by atoms with E-state index < -0.39 is 0 Å². The summed E-state index contributed by atoms with van der Waals surface area (Å²) in [5.74, 6) is 1.06. The van der Waals surface area contributed by atoms with Crippen molar-refractivity contribution in [1.29, 1.82) is 5.26 Å². The van der Waals surface area contributed by atoms with Crippen LogP contribution in [0.2, 0.25) is 0 Å².